The fraction of sp³-hybridized carbons (Fsp3) is 0.333. The van der Waals surface area contributed by atoms with Gasteiger partial charge in [-0.3, -0.25) is 4.79 Å². The van der Waals surface area contributed by atoms with E-state index in [0.29, 0.717) is 18.0 Å². The van der Waals surface area contributed by atoms with Crippen molar-refractivity contribution < 1.29 is 23.8 Å². The molecule has 0 spiro atoms. The maximum atomic E-state index is 11.7. The number of hydrogen-bond donors (Lipinski definition) is 1. The van der Waals surface area contributed by atoms with Gasteiger partial charge in [0.1, 0.15) is 17.2 Å². The molecule has 0 unspecified atom stereocenters. The highest BCUT2D eigenvalue weighted by Gasteiger charge is 2.08. The molecule has 0 saturated carbocycles. The maximum Gasteiger partial charge on any atom is 0.344 e. The molecule has 0 bridgehead atoms. The van der Waals surface area contributed by atoms with Crippen molar-refractivity contribution in [3.8, 4) is 17.2 Å². The average Bonchev–Trinajstić information content (AvgIpc) is 2.70. The molecule has 144 valence electrons. The molecule has 0 aliphatic rings. The molecule has 0 saturated heterocycles. The minimum atomic E-state index is -0.594. The van der Waals surface area contributed by atoms with E-state index in [2.05, 4.69) is 12.2 Å². The number of esters is 1. The Morgan fingerprint density at radius 2 is 1.52 bits per heavy atom. The molecule has 27 heavy (non-hydrogen) atoms. The number of carbonyl (C=O) groups is 2. The second-order valence-corrected chi connectivity index (χ2v) is 5.89. The molecule has 0 fully saturated rings. The SMILES string of the molecule is CCCCCNC(=O)COC(=O)COc1ccc(Oc2ccccc2)cc1. The molecule has 2 aromatic rings. The third kappa shape index (κ3) is 8.27. The third-order valence-electron chi connectivity index (χ3n) is 3.63. The number of benzene rings is 2. The van der Waals surface area contributed by atoms with Gasteiger partial charge in [-0.05, 0) is 42.8 Å². The van der Waals surface area contributed by atoms with Crippen LogP contribution in [0.5, 0.6) is 17.2 Å². The summed E-state index contributed by atoms with van der Waals surface area (Å²) < 4.78 is 15.9. The minimum absolute atomic E-state index is 0.262. The highest BCUT2D eigenvalue weighted by molar-refractivity contribution is 5.80. The van der Waals surface area contributed by atoms with Crippen LogP contribution in [0.25, 0.3) is 0 Å². The Morgan fingerprint density at radius 1 is 0.852 bits per heavy atom. The predicted octanol–water partition coefficient (Wildman–Crippen LogP) is 3.71. The van der Waals surface area contributed by atoms with Crippen LogP contribution in [0.15, 0.2) is 54.6 Å². The van der Waals surface area contributed by atoms with E-state index in [9.17, 15) is 9.59 Å². The molecule has 0 aliphatic carbocycles. The maximum absolute atomic E-state index is 11.7. The van der Waals surface area contributed by atoms with Gasteiger partial charge in [0, 0.05) is 6.54 Å². The quantitative estimate of drug-likeness (QED) is 0.481. The molecule has 2 rings (SSSR count). The zero-order valence-corrected chi connectivity index (χ0v) is 15.5. The summed E-state index contributed by atoms with van der Waals surface area (Å²) in [5.41, 5.74) is 0. The van der Waals surface area contributed by atoms with Crippen LogP contribution in [0.4, 0.5) is 0 Å². The Labute approximate surface area is 159 Å². The molecule has 0 heterocycles. The van der Waals surface area contributed by atoms with Crippen molar-refractivity contribution in [1.29, 1.82) is 0 Å². The van der Waals surface area contributed by atoms with Gasteiger partial charge in [-0.15, -0.1) is 0 Å². The van der Waals surface area contributed by atoms with Crippen molar-refractivity contribution in [2.45, 2.75) is 26.2 Å². The van der Waals surface area contributed by atoms with E-state index in [1.807, 2.05) is 30.3 Å². The van der Waals surface area contributed by atoms with Crippen molar-refractivity contribution in [2.75, 3.05) is 19.8 Å². The largest absolute Gasteiger partial charge is 0.482 e. The Hall–Kier alpha value is -3.02. The number of ether oxygens (including phenoxy) is 3. The Morgan fingerprint density at radius 3 is 2.22 bits per heavy atom. The molecular weight excluding hydrogens is 346 g/mol. The number of para-hydroxylation sites is 1. The number of rotatable bonds is 11. The van der Waals surface area contributed by atoms with E-state index < -0.39 is 5.97 Å². The van der Waals surface area contributed by atoms with Gasteiger partial charge in [0.15, 0.2) is 13.2 Å². The summed E-state index contributed by atoms with van der Waals surface area (Å²) in [6, 6.07) is 16.3. The van der Waals surface area contributed by atoms with Crippen LogP contribution in [0, 0.1) is 0 Å². The van der Waals surface area contributed by atoms with Crippen molar-refractivity contribution in [3.63, 3.8) is 0 Å². The molecule has 2 aromatic carbocycles. The fourth-order valence-corrected chi connectivity index (χ4v) is 2.21. The van der Waals surface area contributed by atoms with Crippen molar-refractivity contribution in [1.82, 2.24) is 5.32 Å². The van der Waals surface area contributed by atoms with Gasteiger partial charge in [0.2, 0.25) is 0 Å². The lowest BCUT2D eigenvalue weighted by molar-refractivity contribution is -0.150. The first kappa shape index (κ1) is 20.3. The standard InChI is InChI=1S/C21H25NO5/c1-2-3-7-14-22-20(23)15-26-21(24)16-25-17-10-12-19(13-11-17)27-18-8-5-4-6-9-18/h4-6,8-13H,2-3,7,14-16H2,1H3,(H,22,23). The lowest BCUT2D eigenvalue weighted by Gasteiger charge is -2.09. The van der Waals surface area contributed by atoms with E-state index in [4.69, 9.17) is 14.2 Å². The Bertz CT molecular complexity index is 700. The van der Waals surface area contributed by atoms with Crippen molar-refractivity contribution in [3.05, 3.63) is 54.6 Å². The van der Waals surface area contributed by atoms with Gasteiger partial charge < -0.3 is 19.5 Å². The number of amides is 1. The number of hydrogen-bond acceptors (Lipinski definition) is 5. The van der Waals surface area contributed by atoms with Crippen molar-refractivity contribution >= 4 is 11.9 Å². The lowest BCUT2D eigenvalue weighted by Crippen LogP contribution is -2.30. The van der Waals surface area contributed by atoms with Crippen LogP contribution < -0.4 is 14.8 Å². The van der Waals surface area contributed by atoms with E-state index >= 15 is 0 Å². The smallest absolute Gasteiger partial charge is 0.344 e. The van der Waals surface area contributed by atoms with Gasteiger partial charge in [-0.2, -0.15) is 0 Å². The third-order valence-corrected chi connectivity index (χ3v) is 3.63. The Kier molecular flexibility index (Phi) is 8.69. The number of carbonyl (C=O) groups excluding carboxylic acids is 2. The van der Waals surface area contributed by atoms with E-state index in [-0.39, 0.29) is 19.1 Å². The second-order valence-electron chi connectivity index (χ2n) is 5.89. The van der Waals surface area contributed by atoms with Gasteiger partial charge in [-0.25, -0.2) is 4.79 Å². The van der Waals surface area contributed by atoms with Crippen molar-refractivity contribution in [2.24, 2.45) is 0 Å². The monoisotopic (exact) mass is 371 g/mol. The predicted molar refractivity (Wildman–Crippen MR) is 102 cm³/mol. The summed E-state index contributed by atoms with van der Waals surface area (Å²) in [7, 11) is 0. The Balaban J connectivity index is 1.65. The summed E-state index contributed by atoms with van der Waals surface area (Å²) in [6.07, 6.45) is 3.06. The topological polar surface area (TPSA) is 73.9 Å². The zero-order valence-electron chi connectivity index (χ0n) is 15.5. The minimum Gasteiger partial charge on any atom is -0.482 e. The van der Waals surface area contributed by atoms with E-state index in [0.717, 1.165) is 25.0 Å². The normalized spacial score (nSPS) is 10.1. The van der Waals surface area contributed by atoms with E-state index in [1.54, 1.807) is 24.3 Å². The molecule has 0 radical (unpaired) electrons. The van der Waals surface area contributed by atoms with Crippen LogP contribution >= 0.6 is 0 Å². The van der Waals surface area contributed by atoms with E-state index in [1.165, 1.54) is 0 Å². The molecule has 1 N–H and O–H groups in total. The summed E-state index contributed by atoms with van der Waals surface area (Å²) >= 11 is 0. The highest BCUT2D eigenvalue weighted by atomic mass is 16.6. The molecule has 6 heteroatoms. The average molecular weight is 371 g/mol. The van der Waals surface area contributed by atoms with Gasteiger partial charge in [-0.1, -0.05) is 38.0 Å². The summed E-state index contributed by atoms with van der Waals surface area (Å²) in [6.45, 7) is 2.13. The van der Waals surface area contributed by atoms with Gasteiger partial charge in [0.05, 0.1) is 0 Å². The van der Waals surface area contributed by atoms with Gasteiger partial charge in [0.25, 0.3) is 5.91 Å². The zero-order chi connectivity index (χ0) is 19.3. The second kappa shape index (κ2) is 11.6. The van der Waals surface area contributed by atoms with Crippen LogP contribution in [0.2, 0.25) is 0 Å². The molecule has 0 aromatic heterocycles. The first-order valence-electron chi connectivity index (χ1n) is 9.05. The van der Waals surface area contributed by atoms with Crippen LogP contribution in [0.1, 0.15) is 26.2 Å². The molecule has 6 nitrogen and oxygen atoms in total. The molecule has 1 amide bonds. The molecular formula is C21H25NO5. The van der Waals surface area contributed by atoms with Crippen LogP contribution in [0.3, 0.4) is 0 Å². The first-order chi connectivity index (χ1) is 13.2. The first-order valence-corrected chi connectivity index (χ1v) is 9.05. The molecule has 0 aliphatic heterocycles. The fourth-order valence-electron chi connectivity index (χ4n) is 2.21. The van der Waals surface area contributed by atoms with Gasteiger partial charge >= 0.3 is 5.97 Å². The summed E-state index contributed by atoms with van der Waals surface area (Å²) in [5, 5.41) is 2.70. The number of nitrogens with one attached hydrogen (secondary N) is 1. The number of unbranched alkanes of at least 4 members (excludes halogenated alkanes) is 2. The summed E-state index contributed by atoms with van der Waals surface area (Å²) in [5.74, 6) is 1.01. The molecule has 0 atom stereocenters. The van der Waals surface area contributed by atoms with Crippen LogP contribution in [-0.2, 0) is 14.3 Å². The highest BCUT2D eigenvalue weighted by Crippen LogP contribution is 2.23. The summed E-state index contributed by atoms with van der Waals surface area (Å²) in [4.78, 5) is 23.2. The lowest BCUT2D eigenvalue weighted by atomic mass is 10.2. The van der Waals surface area contributed by atoms with Crippen LogP contribution in [-0.4, -0.2) is 31.6 Å².